The minimum Gasteiger partial charge on any atom is -0.307 e. The van der Waals surface area contributed by atoms with Gasteiger partial charge in [-0.05, 0) is 47.2 Å². The second-order valence-electron chi connectivity index (χ2n) is 6.97. The van der Waals surface area contributed by atoms with Crippen LogP contribution in [0.15, 0.2) is 109 Å². The summed E-state index contributed by atoms with van der Waals surface area (Å²) in [7, 11) is 0. The van der Waals surface area contributed by atoms with Crippen LogP contribution in [-0.4, -0.2) is 11.6 Å². The molecule has 3 nitrogen and oxygen atoms in total. The third-order valence-corrected chi connectivity index (χ3v) is 5.17. The molecule has 0 bridgehead atoms. The lowest BCUT2D eigenvalue weighted by molar-refractivity contribution is 0.0983. The zero-order valence-corrected chi connectivity index (χ0v) is 15.6. The van der Waals surface area contributed by atoms with Crippen molar-refractivity contribution in [3.8, 4) is 0 Å². The summed E-state index contributed by atoms with van der Waals surface area (Å²) in [4.78, 5) is 28.4. The number of nitrogens with zero attached hydrogens (tertiary/aromatic N) is 1. The lowest BCUT2D eigenvalue weighted by Crippen LogP contribution is -2.28. The van der Waals surface area contributed by atoms with E-state index in [4.69, 9.17) is 0 Å². The van der Waals surface area contributed by atoms with Gasteiger partial charge >= 0.3 is 0 Å². The normalized spacial score (nSPS) is 13.2. The monoisotopic (exact) mass is 375 g/mol. The van der Waals surface area contributed by atoms with E-state index in [-0.39, 0.29) is 11.6 Å². The number of ketones is 2. The zero-order valence-electron chi connectivity index (χ0n) is 15.6. The maximum Gasteiger partial charge on any atom is 0.210 e. The quantitative estimate of drug-likeness (QED) is 0.445. The molecule has 0 aromatic heterocycles. The average Bonchev–Trinajstić information content (AvgIpc) is 2.78. The zero-order chi connectivity index (χ0) is 19.8. The van der Waals surface area contributed by atoms with Gasteiger partial charge in [-0.25, -0.2) is 0 Å². The van der Waals surface area contributed by atoms with Crippen LogP contribution in [0.4, 0.5) is 11.4 Å². The molecule has 1 aliphatic carbocycles. The van der Waals surface area contributed by atoms with Gasteiger partial charge in [-0.15, -0.1) is 0 Å². The summed E-state index contributed by atoms with van der Waals surface area (Å²) in [6, 6.07) is 30.7. The van der Waals surface area contributed by atoms with Crippen LogP contribution in [0.2, 0.25) is 0 Å². The molecule has 0 atom stereocenters. The van der Waals surface area contributed by atoms with Gasteiger partial charge in [0.05, 0.1) is 5.70 Å². The van der Waals surface area contributed by atoms with Crippen LogP contribution in [0, 0.1) is 0 Å². The fourth-order valence-corrected chi connectivity index (χ4v) is 3.78. The molecule has 0 saturated heterocycles. The first-order valence-corrected chi connectivity index (χ1v) is 9.46. The molecule has 0 N–H and O–H groups in total. The molecule has 0 unspecified atom stereocenters. The third kappa shape index (κ3) is 2.93. The van der Waals surface area contributed by atoms with Crippen molar-refractivity contribution >= 4 is 33.7 Å². The summed E-state index contributed by atoms with van der Waals surface area (Å²) < 4.78 is 0. The number of Topliss-reactive ketones (excluding diaryl/α,β-unsaturated/α-hetero) is 1. The van der Waals surface area contributed by atoms with Gasteiger partial charge in [-0.1, -0.05) is 60.7 Å². The summed E-state index contributed by atoms with van der Waals surface area (Å²) in [6.45, 7) is 0. The van der Waals surface area contributed by atoms with Crippen molar-refractivity contribution in [1.29, 1.82) is 0 Å². The molecule has 1 aliphatic rings. The molecule has 29 heavy (non-hydrogen) atoms. The molecule has 4 aromatic carbocycles. The minimum absolute atomic E-state index is 0.155. The molecule has 0 saturated carbocycles. The molecule has 0 fully saturated rings. The van der Waals surface area contributed by atoms with Crippen LogP contribution in [-0.2, 0) is 0 Å². The molecular weight excluding hydrogens is 358 g/mol. The molecule has 4 aromatic rings. The van der Waals surface area contributed by atoms with Crippen LogP contribution in [0.3, 0.4) is 0 Å². The molecule has 3 heteroatoms. The largest absolute Gasteiger partial charge is 0.307 e. The van der Waals surface area contributed by atoms with Gasteiger partial charge in [0.15, 0.2) is 5.78 Å². The maximum absolute atomic E-state index is 13.5. The van der Waals surface area contributed by atoms with Gasteiger partial charge in [-0.2, -0.15) is 0 Å². The molecule has 5 rings (SSSR count). The number of carbonyl (C=O) groups excluding carboxylic acids is 2. The van der Waals surface area contributed by atoms with Crippen molar-refractivity contribution < 1.29 is 9.59 Å². The van der Waals surface area contributed by atoms with Crippen LogP contribution >= 0.6 is 0 Å². The fraction of sp³-hybridized carbons (Fsp3) is 0. The van der Waals surface area contributed by atoms with Crippen molar-refractivity contribution in [3.05, 3.63) is 120 Å². The average molecular weight is 375 g/mol. The van der Waals surface area contributed by atoms with Crippen LogP contribution in [0.5, 0.6) is 0 Å². The molecule has 138 valence electrons. The van der Waals surface area contributed by atoms with Crippen LogP contribution < -0.4 is 4.90 Å². The van der Waals surface area contributed by atoms with Crippen molar-refractivity contribution in [3.63, 3.8) is 0 Å². The number of fused-ring (bicyclic) bond motifs is 2. The summed E-state index contributed by atoms with van der Waals surface area (Å²) in [6.07, 6.45) is 1.46. The van der Waals surface area contributed by atoms with E-state index < -0.39 is 0 Å². The Morgan fingerprint density at radius 2 is 1.03 bits per heavy atom. The number of hydrogen-bond acceptors (Lipinski definition) is 3. The first kappa shape index (κ1) is 17.1. The van der Waals surface area contributed by atoms with E-state index in [1.54, 1.807) is 0 Å². The van der Waals surface area contributed by atoms with Gasteiger partial charge in [0, 0.05) is 28.6 Å². The number of carbonyl (C=O) groups is 2. The van der Waals surface area contributed by atoms with Gasteiger partial charge < -0.3 is 4.90 Å². The summed E-state index contributed by atoms with van der Waals surface area (Å²) >= 11 is 0. The van der Waals surface area contributed by atoms with Gasteiger partial charge in [0.2, 0.25) is 5.78 Å². The van der Waals surface area contributed by atoms with Crippen molar-refractivity contribution in [2.45, 2.75) is 0 Å². The highest BCUT2D eigenvalue weighted by Gasteiger charge is 2.30. The van der Waals surface area contributed by atoms with Crippen molar-refractivity contribution in [2.24, 2.45) is 0 Å². The molecule has 0 spiro atoms. The Hall–Kier alpha value is -3.98. The summed E-state index contributed by atoms with van der Waals surface area (Å²) in [5.41, 5.74) is 2.92. The van der Waals surface area contributed by atoms with Gasteiger partial charge in [0.1, 0.15) is 0 Å². The van der Waals surface area contributed by atoms with Crippen molar-refractivity contribution in [2.75, 3.05) is 4.90 Å². The fourth-order valence-electron chi connectivity index (χ4n) is 3.78. The highest BCUT2D eigenvalue weighted by atomic mass is 16.1. The number of allylic oxidation sites excluding steroid dienone is 2. The Kier molecular flexibility index (Phi) is 4.07. The predicted octanol–water partition coefficient (Wildman–Crippen LogP) is 5.94. The first-order chi connectivity index (χ1) is 14.2. The van der Waals surface area contributed by atoms with E-state index >= 15 is 0 Å². The summed E-state index contributed by atoms with van der Waals surface area (Å²) in [5.74, 6) is -0.310. The lowest BCUT2D eigenvalue weighted by atomic mass is 9.89. The number of anilines is 2. The van der Waals surface area contributed by atoms with Crippen molar-refractivity contribution in [1.82, 2.24) is 0 Å². The van der Waals surface area contributed by atoms with E-state index in [9.17, 15) is 9.59 Å². The number of rotatable bonds is 3. The standard InChI is InChI=1S/C26H17NO2/c28-25-17-24(26(29)23-16-19-10-8-7-9-18(19)15-22(23)25)27(20-11-3-1-4-12-20)21-13-5-2-6-14-21/h1-17H. The lowest BCUT2D eigenvalue weighted by Gasteiger charge is -2.29. The highest BCUT2D eigenvalue weighted by molar-refractivity contribution is 6.27. The summed E-state index contributed by atoms with van der Waals surface area (Å²) in [5, 5.41) is 1.90. The van der Waals surface area contributed by atoms with Crippen LogP contribution in [0.25, 0.3) is 10.8 Å². The highest BCUT2D eigenvalue weighted by Crippen LogP contribution is 2.35. The molecule has 0 aliphatic heterocycles. The minimum atomic E-state index is -0.155. The topological polar surface area (TPSA) is 37.4 Å². The second-order valence-corrected chi connectivity index (χ2v) is 6.97. The molecular formula is C26H17NO2. The second kappa shape index (κ2) is 6.88. The first-order valence-electron chi connectivity index (χ1n) is 9.46. The maximum atomic E-state index is 13.5. The molecule has 0 heterocycles. The van der Waals surface area contributed by atoms with Crippen LogP contribution in [0.1, 0.15) is 20.7 Å². The Morgan fingerprint density at radius 1 is 0.552 bits per heavy atom. The predicted molar refractivity (Wildman–Crippen MR) is 116 cm³/mol. The smallest absolute Gasteiger partial charge is 0.210 e. The van der Waals surface area contributed by atoms with E-state index in [0.29, 0.717) is 16.8 Å². The SMILES string of the molecule is O=C1C=C(N(c2ccccc2)c2ccccc2)C(=O)c2cc3ccccc3cc21. The Balaban J connectivity index is 1.70. The third-order valence-electron chi connectivity index (χ3n) is 5.17. The van der Waals surface area contributed by atoms with Gasteiger partial charge in [0.25, 0.3) is 0 Å². The Labute approximate surface area is 168 Å². The Morgan fingerprint density at radius 3 is 1.59 bits per heavy atom. The molecule has 0 radical (unpaired) electrons. The van der Waals surface area contributed by atoms with E-state index in [0.717, 1.165) is 22.1 Å². The van der Waals surface area contributed by atoms with E-state index in [1.165, 1.54) is 6.08 Å². The number of para-hydroxylation sites is 2. The van der Waals surface area contributed by atoms with E-state index in [2.05, 4.69) is 0 Å². The van der Waals surface area contributed by atoms with E-state index in [1.807, 2.05) is 102 Å². The Bertz CT molecular complexity index is 1230. The van der Waals surface area contributed by atoms with Gasteiger partial charge in [-0.3, -0.25) is 9.59 Å². The number of hydrogen-bond donors (Lipinski definition) is 0. The number of benzene rings is 4. The molecule has 0 amide bonds.